The highest BCUT2D eigenvalue weighted by Gasteiger charge is 2.11. The van der Waals surface area contributed by atoms with Crippen LogP contribution in [-0.4, -0.2) is 24.4 Å². The monoisotopic (exact) mass is 333 g/mol. The molecule has 2 unspecified atom stereocenters. The average molecular weight is 334 g/mol. The SMILES string of the molecule is Cc1cccc(C)c1OCC(O)CNC(C)c1cccc(Cl)c1. The van der Waals surface area contributed by atoms with Crippen LogP contribution in [0.2, 0.25) is 5.02 Å². The summed E-state index contributed by atoms with van der Waals surface area (Å²) in [6, 6.07) is 13.9. The van der Waals surface area contributed by atoms with Crippen molar-refractivity contribution in [2.45, 2.75) is 32.9 Å². The van der Waals surface area contributed by atoms with Gasteiger partial charge in [0, 0.05) is 17.6 Å². The van der Waals surface area contributed by atoms with Gasteiger partial charge in [0.1, 0.15) is 18.5 Å². The number of ether oxygens (including phenoxy) is 1. The number of aliphatic hydroxyl groups is 1. The van der Waals surface area contributed by atoms with Crippen LogP contribution in [0.3, 0.4) is 0 Å². The van der Waals surface area contributed by atoms with Gasteiger partial charge in [0.25, 0.3) is 0 Å². The molecule has 2 rings (SSSR count). The number of rotatable bonds is 7. The molecule has 4 heteroatoms. The Labute approximate surface area is 143 Å². The number of aryl methyl sites for hydroxylation is 2. The Morgan fingerprint density at radius 1 is 1.13 bits per heavy atom. The van der Waals surface area contributed by atoms with Gasteiger partial charge in [-0.2, -0.15) is 0 Å². The molecule has 124 valence electrons. The summed E-state index contributed by atoms with van der Waals surface area (Å²) in [4.78, 5) is 0. The molecule has 23 heavy (non-hydrogen) atoms. The molecule has 0 fully saturated rings. The quantitative estimate of drug-likeness (QED) is 0.803. The zero-order chi connectivity index (χ0) is 16.8. The maximum Gasteiger partial charge on any atom is 0.125 e. The molecule has 3 nitrogen and oxygen atoms in total. The molecular formula is C19H24ClNO2. The maximum absolute atomic E-state index is 10.1. The second kappa shape index (κ2) is 8.34. The topological polar surface area (TPSA) is 41.5 Å². The molecule has 0 amide bonds. The van der Waals surface area contributed by atoms with Crippen molar-refractivity contribution in [2.75, 3.05) is 13.2 Å². The lowest BCUT2D eigenvalue weighted by atomic mass is 10.1. The van der Waals surface area contributed by atoms with Gasteiger partial charge in [-0.25, -0.2) is 0 Å². The van der Waals surface area contributed by atoms with Gasteiger partial charge in [0.2, 0.25) is 0 Å². The van der Waals surface area contributed by atoms with Gasteiger partial charge in [0.15, 0.2) is 0 Å². The zero-order valence-corrected chi connectivity index (χ0v) is 14.6. The van der Waals surface area contributed by atoms with E-state index in [9.17, 15) is 5.11 Å². The summed E-state index contributed by atoms with van der Waals surface area (Å²) in [5.41, 5.74) is 3.26. The van der Waals surface area contributed by atoms with E-state index in [2.05, 4.69) is 5.32 Å². The normalized spacial score (nSPS) is 13.6. The van der Waals surface area contributed by atoms with Crippen molar-refractivity contribution in [3.05, 3.63) is 64.2 Å². The highest BCUT2D eigenvalue weighted by atomic mass is 35.5. The number of para-hydroxylation sites is 1. The molecule has 0 saturated carbocycles. The van der Waals surface area contributed by atoms with E-state index in [1.807, 2.05) is 63.2 Å². The lowest BCUT2D eigenvalue weighted by molar-refractivity contribution is 0.103. The van der Waals surface area contributed by atoms with Gasteiger partial charge in [0.05, 0.1) is 0 Å². The minimum Gasteiger partial charge on any atom is -0.490 e. The highest BCUT2D eigenvalue weighted by molar-refractivity contribution is 6.30. The fourth-order valence-corrected chi connectivity index (χ4v) is 2.67. The van der Waals surface area contributed by atoms with Gasteiger partial charge < -0.3 is 15.2 Å². The Morgan fingerprint density at radius 2 is 1.78 bits per heavy atom. The number of aliphatic hydroxyl groups excluding tert-OH is 1. The van der Waals surface area contributed by atoms with Gasteiger partial charge >= 0.3 is 0 Å². The Hall–Kier alpha value is -1.55. The first-order valence-electron chi connectivity index (χ1n) is 7.83. The number of halogens is 1. The third-order valence-corrected chi connectivity index (χ3v) is 4.07. The Morgan fingerprint density at radius 3 is 2.43 bits per heavy atom. The fraction of sp³-hybridized carbons (Fsp3) is 0.368. The number of nitrogens with one attached hydrogen (secondary N) is 1. The predicted molar refractivity (Wildman–Crippen MR) is 95.3 cm³/mol. The smallest absolute Gasteiger partial charge is 0.125 e. The number of hydrogen-bond acceptors (Lipinski definition) is 3. The van der Waals surface area contributed by atoms with E-state index in [-0.39, 0.29) is 12.6 Å². The third-order valence-electron chi connectivity index (χ3n) is 3.84. The van der Waals surface area contributed by atoms with Crippen LogP contribution in [0.1, 0.15) is 29.7 Å². The van der Waals surface area contributed by atoms with Crippen LogP contribution < -0.4 is 10.1 Å². The van der Waals surface area contributed by atoms with E-state index in [4.69, 9.17) is 16.3 Å². The van der Waals surface area contributed by atoms with Crippen molar-refractivity contribution in [3.8, 4) is 5.75 Å². The summed E-state index contributed by atoms with van der Waals surface area (Å²) in [7, 11) is 0. The molecule has 2 aromatic carbocycles. The highest BCUT2D eigenvalue weighted by Crippen LogP contribution is 2.22. The van der Waals surface area contributed by atoms with E-state index < -0.39 is 6.10 Å². The van der Waals surface area contributed by atoms with Crippen LogP contribution in [0.15, 0.2) is 42.5 Å². The standard InChI is InChI=1S/C19H24ClNO2/c1-13-6-4-7-14(2)19(13)23-12-18(22)11-21-15(3)16-8-5-9-17(20)10-16/h4-10,15,18,21-22H,11-12H2,1-3H3. The molecule has 0 aliphatic heterocycles. The van der Waals surface area contributed by atoms with E-state index >= 15 is 0 Å². The van der Waals surface area contributed by atoms with Crippen molar-refractivity contribution in [1.82, 2.24) is 5.32 Å². The number of benzene rings is 2. The molecule has 0 bridgehead atoms. The molecule has 2 N–H and O–H groups in total. The molecule has 0 heterocycles. The Bertz CT molecular complexity index is 625. The van der Waals surface area contributed by atoms with Crippen molar-refractivity contribution < 1.29 is 9.84 Å². The van der Waals surface area contributed by atoms with Gasteiger partial charge in [-0.05, 0) is 49.6 Å². The summed E-state index contributed by atoms with van der Waals surface area (Å²) < 4.78 is 5.78. The van der Waals surface area contributed by atoms with Crippen LogP contribution in [0, 0.1) is 13.8 Å². The summed E-state index contributed by atoms with van der Waals surface area (Å²) in [6.45, 7) is 6.78. The van der Waals surface area contributed by atoms with E-state index in [1.54, 1.807) is 0 Å². The average Bonchev–Trinajstić information content (AvgIpc) is 2.52. The van der Waals surface area contributed by atoms with Crippen molar-refractivity contribution >= 4 is 11.6 Å². The molecule has 0 saturated heterocycles. The lowest BCUT2D eigenvalue weighted by Gasteiger charge is -2.19. The van der Waals surface area contributed by atoms with Gasteiger partial charge in [-0.1, -0.05) is 41.9 Å². The first-order valence-corrected chi connectivity index (χ1v) is 8.21. The summed E-state index contributed by atoms with van der Waals surface area (Å²) in [6.07, 6.45) is -0.573. The first-order chi connectivity index (χ1) is 11.0. The van der Waals surface area contributed by atoms with E-state index in [1.165, 1.54) is 0 Å². The molecule has 0 aliphatic carbocycles. The van der Waals surface area contributed by atoms with Crippen molar-refractivity contribution in [1.29, 1.82) is 0 Å². The second-order valence-electron chi connectivity index (χ2n) is 5.87. The fourth-order valence-electron chi connectivity index (χ4n) is 2.47. The first kappa shape index (κ1) is 17.8. The Kier molecular flexibility index (Phi) is 6.46. The second-order valence-corrected chi connectivity index (χ2v) is 6.31. The van der Waals surface area contributed by atoms with Gasteiger partial charge in [-0.3, -0.25) is 0 Å². The van der Waals surface area contributed by atoms with Crippen LogP contribution in [0.5, 0.6) is 5.75 Å². The predicted octanol–water partition coefficient (Wildman–Crippen LogP) is 4.05. The molecule has 0 radical (unpaired) electrons. The van der Waals surface area contributed by atoms with Crippen LogP contribution in [0.4, 0.5) is 0 Å². The van der Waals surface area contributed by atoms with Crippen molar-refractivity contribution in [3.63, 3.8) is 0 Å². The van der Waals surface area contributed by atoms with Crippen LogP contribution in [-0.2, 0) is 0 Å². The molecular weight excluding hydrogens is 310 g/mol. The van der Waals surface area contributed by atoms with Crippen LogP contribution in [0.25, 0.3) is 0 Å². The summed E-state index contributed by atoms with van der Waals surface area (Å²) >= 11 is 6.00. The van der Waals surface area contributed by atoms with E-state index in [0.29, 0.717) is 6.54 Å². The minimum absolute atomic E-state index is 0.114. The molecule has 2 atom stereocenters. The molecule has 0 aromatic heterocycles. The lowest BCUT2D eigenvalue weighted by Crippen LogP contribution is -2.33. The van der Waals surface area contributed by atoms with Crippen molar-refractivity contribution in [2.24, 2.45) is 0 Å². The van der Waals surface area contributed by atoms with E-state index in [0.717, 1.165) is 27.5 Å². The summed E-state index contributed by atoms with van der Waals surface area (Å²) in [5, 5.41) is 14.1. The minimum atomic E-state index is -0.573. The van der Waals surface area contributed by atoms with Gasteiger partial charge in [-0.15, -0.1) is 0 Å². The summed E-state index contributed by atoms with van der Waals surface area (Å²) in [5.74, 6) is 0.856. The Balaban J connectivity index is 1.82. The molecule has 0 spiro atoms. The van der Waals surface area contributed by atoms with Crippen LogP contribution >= 0.6 is 11.6 Å². The largest absolute Gasteiger partial charge is 0.490 e. The molecule has 0 aliphatic rings. The molecule has 2 aromatic rings. The maximum atomic E-state index is 10.1. The number of hydrogen-bond donors (Lipinski definition) is 2. The zero-order valence-electron chi connectivity index (χ0n) is 13.8. The third kappa shape index (κ3) is 5.24.